The molecule has 4 heteroatoms. The highest BCUT2D eigenvalue weighted by Gasteiger charge is 2.13. The number of hydrogen-bond acceptors (Lipinski definition) is 3. The molecule has 0 aromatic heterocycles. The predicted octanol–water partition coefficient (Wildman–Crippen LogP) is 3.92. The number of ether oxygens (including phenoxy) is 1. The lowest BCUT2D eigenvalue weighted by atomic mass is 10.0. The van der Waals surface area contributed by atoms with Crippen molar-refractivity contribution in [3.8, 4) is 5.75 Å². The monoisotopic (exact) mass is 352 g/mol. The van der Waals surface area contributed by atoms with E-state index in [1.54, 1.807) is 13.2 Å². The van der Waals surface area contributed by atoms with Crippen LogP contribution in [0.15, 0.2) is 42.5 Å². The predicted molar refractivity (Wildman–Crippen MR) is 104 cm³/mol. The fraction of sp³-hybridized carbons (Fsp3) is 0.409. The zero-order valence-corrected chi connectivity index (χ0v) is 15.8. The minimum atomic E-state index is -0.0523. The Hall–Kier alpha value is -2.33. The number of piperidine rings is 1. The number of nitrogens with one attached hydrogen (secondary N) is 1. The number of nitrogens with zero attached hydrogens (tertiary/aromatic N) is 1. The van der Waals surface area contributed by atoms with Crippen molar-refractivity contribution in [3.63, 3.8) is 0 Å². The van der Waals surface area contributed by atoms with Crippen LogP contribution in [-0.4, -0.2) is 31.0 Å². The molecule has 1 fully saturated rings. The highest BCUT2D eigenvalue weighted by molar-refractivity contribution is 5.94. The van der Waals surface area contributed by atoms with Gasteiger partial charge in [-0.25, -0.2) is 0 Å². The molecule has 138 valence electrons. The minimum Gasteiger partial charge on any atom is -0.496 e. The Morgan fingerprint density at radius 2 is 1.81 bits per heavy atom. The Morgan fingerprint density at radius 1 is 1.08 bits per heavy atom. The van der Waals surface area contributed by atoms with Gasteiger partial charge in [0.1, 0.15) is 5.75 Å². The molecule has 2 aromatic rings. The minimum absolute atomic E-state index is 0.0523. The molecule has 1 N–H and O–H groups in total. The van der Waals surface area contributed by atoms with E-state index in [1.807, 2.05) is 25.1 Å². The second kappa shape index (κ2) is 8.86. The van der Waals surface area contributed by atoms with Crippen molar-refractivity contribution in [2.24, 2.45) is 0 Å². The Morgan fingerprint density at radius 3 is 2.50 bits per heavy atom. The maximum absolute atomic E-state index is 12.5. The van der Waals surface area contributed by atoms with Crippen molar-refractivity contribution in [1.29, 1.82) is 0 Å². The number of methoxy groups -OCH3 is 1. The van der Waals surface area contributed by atoms with Gasteiger partial charge >= 0.3 is 0 Å². The smallest absolute Gasteiger partial charge is 0.251 e. The van der Waals surface area contributed by atoms with E-state index in [9.17, 15) is 4.79 Å². The van der Waals surface area contributed by atoms with Gasteiger partial charge in [0.05, 0.1) is 7.11 Å². The topological polar surface area (TPSA) is 41.6 Å². The number of amides is 1. The Balaban J connectivity index is 1.63. The third kappa shape index (κ3) is 4.64. The molecule has 26 heavy (non-hydrogen) atoms. The fourth-order valence-electron chi connectivity index (χ4n) is 3.54. The van der Waals surface area contributed by atoms with Gasteiger partial charge in [0.2, 0.25) is 0 Å². The van der Waals surface area contributed by atoms with Gasteiger partial charge in [-0.3, -0.25) is 9.69 Å². The van der Waals surface area contributed by atoms with Crippen molar-refractivity contribution >= 4 is 5.91 Å². The average molecular weight is 352 g/mol. The number of likely N-dealkylation sites (tertiary alicyclic amines) is 1. The van der Waals surface area contributed by atoms with Crippen LogP contribution in [0.25, 0.3) is 0 Å². The second-order valence-electron chi connectivity index (χ2n) is 6.97. The summed E-state index contributed by atoms with van der Waals surface area (Å²) in [5.41, 5.74) is 4.12. The summed E-state index contributed by atoms with van der Waals surface area (Å²) >= 11 is 0. The number of hydrogen-bond donors (Lipinski definition) is 1. The van der Waals surface area contributed by atoms with E-state index < -0.39 is 0 Å². The Labute approximate surface area is 156 Å². The van der Waals surface area contributed by atoms with Crippen LogP contribution in [0.5, 0.6) is 5.75 Å². The van der Waals surface area contributed by atoms with E-state index in [0.717, 1.165) is 17.9 Å². The summed E-state index contributed by atoms with van der Waals surface area (Å²) in [6.07, 6.45) is 3.92. The molecule has 1 heterocycles. The van der Waals surface area contributed by atoms with Crippen LogP contribution in [0.4, 0.5) is 0 Å². The van der Waals surface area contributed by atoms with Crippen molar-refractivity contribution in [3.05, 3.63) is 64.7 Å². The third-order valence-corrected chi connectivity index (χ3v) is 5.06. The van der Waals surface area contributed by atoms with E-state index in [2.05, 4.69) is 28.4 Å². The average Bonchev–Trinajstić information content (AvgIpc) is 2.68. The van der Waals surface area contributed by atoms with E-state index in [-0.39, 0.29) is 5.91 Å². The van der Waals surface area contributed by atoms with Gasteiger partial charge in [-0.2, -0.15) is 0 Å². The quantitative estimate of drug-likeness (QED) is 0.857. The molecule has 1 saturated heterocycles. The summed E-state index contributed by atoms with van der Waals surface area (Å²) in [6, 6.07) is 13.9. The van der Waals surface area contributed by atoms with Gasteiger partial charge < -0.3 is 10.1 Å². The van der Waals surface area contributed by atoms with Gasteiger partial charge in [0, 0.05) is 18.7 Å². The molecule has 1 amide bonds. The molecule has 4 nitrogen and oxygen atoms in total. The van der Waals surface area contributed by atoms with E-state index in [4.69, 9.17) is 4.74 Å². The van der Waals surface area contributed by atoms with Crippen LogP contribution in [0.3, 0.4) is 0 Å². The number of rotatable bonds is 6. The first kappa shape index (κ1) is 18.5. The fourth-order valence-corrected chi connectivity index (χ4v) is 3.54. The molecule has 0 radical (unpaired) electrons. The SMILES string of the molecule is COc1ccc(C(=O)NCc2ccccc2CN2CCCCC2)cc1C. The zero-order chi connectivity index (χ0) is 18.4. The van der Waals surface area contributed by atoms with Crippen molar-refractivity contribution in [1.82, 2.24) is 10.2 Å². The summed E-state index contributed by atoms with van der Waals surface area (Å²) in [4.78, 5) is 15.0. The summed E-state index contributed by atoms with van der Waals surface area (Å²) in [5.74, 6) is 0.747. The molecule has 0 unspecified atom stereocenters. The van der Waals surface area contributed by atoms with Crippen molar-refractivity contribution in [2.45, 2.75) is 39.3 Å². The molecular weight excluding hydrogens is 324 g/mol. The highest BCUT2D eigenvalue weighted by Crippen LogP contribution is 2.19. The molecule has 3 rings (SSSR count). The Kier molecular flexibility index (Phi) is 6.29. The first-order valence-electron chi connectivity index (χ1n) is 9.39. The van der Waals surface area contributed by atoms with Crippen LogP contribution in [0.1, 0.15) is 46.3 Å². The third-order valence-electron chi connectivity index (χ3n) is 5.06. The second-order valence-corrected chi connectivity index (χ2v) is 6.97. The lowest BCUT2D eigenvalue weighted by Gasteiger charge is -2.27. The molecule has 2 aromatic carbocycles. The van der Waals surface area contributed by atoms with Crippen LogP contribution in [-0.2, 0) is 13.1 Å². The first-order valence-corrected chi connectivity index (χ1v) is 9.39. The molecule has 1 aliphatic heterocycles. The molecule has 1 aliphatic rings. The molecule has 0 spiro atoms. The standard InChI is InChI=1S/C22H28N2O2/c1-17-14-18(10-11-21(17)26-2)22(25)23-15-19-8-4-5-9-20(19)16-24-12-6-3-7-13-24/h4-5,8-11,14H,3,6-7,12-13,15-16H2,1-2H3,(H,23,25). The summed E-state index contributed by atoms with van der Waals surface area (Å²) in [6.45, 7) is 5.81. The number of carbonyl (C=O) groups excluding carboxylic acids is 1. The molecule has 0 bridgehead atoms. The van der Waals surface area contributed by atoms with Crippen LogP contribution in [0.2, 0.25) is 0 Å². The van der Waals surface area contributed by atoms with Gasteiger partial charge in [-0.15, -0.1) is 0 Å². The number of carbonyl (C=O) groups is 1. The van der Waals surface area contributed by atoms with Crippen molar-refractivity contribution < 1.29 is 9.53 Å². The van der Waals surface area contributed by atoms with Gasteiger partial charge in [-0.05, 0) is 67.7 Å². The summed E-state index contributed by atoms with van der Waals surface area (Å²) < 4.78 is 5.26. The van der Waals surface area contributed by atoms with E-state index in [0.29, 0.717) is 12.1 Å². The lowest BCUT2D eigenvalue weighted by molar-refractivity contribution is 0.0950. The highest BCUT2D eigenvalue weighted by atomic mass is 16.5. The largest absolute Gasteiger partial charge is 0.496 e. The van der Waals surface area contributed by atoms with Gasteiger partial charge in [0.25, 0.3) is 5.91 Å². The van der Waals surface area contributed by atoms with Gasteiger partial charge in [0.15, 0.2) is 0 Å². The van der Waals surface area contributed by atoms with Crippen LogP contribution >= 0.6 is 0 Å². The lowest BCUT2D eigenvalue weighted by Crippen LogP contribution is -2.30. The number of aryl methyl sites for hydroxylation is 1. The number of benzene rings is 2. The summed E-state index contributed by atoms with van der Waals surface area (Å²) in [7, 11) is 1.64. The normalized spacial score (nSPS) is 14.8. The summed E-state index contributed by atoms with van der Waals surface area (Å²) in [5, 5.41) is 3.06. The van der Waals surface area contributed by atoms with Gasteiger partial charge in [-0.1, -0.05) is 30.7 Å². The Bertz CT molecular complexity index is 752. The van der Waals surface area contributed by atoms with Crippen LogP contribution < -0.4 is 10.1 Å². The molecular formula is C22H28N2O2. The molecule has 0 saturated carbocycles. The van der Waals surface area contributed by atoms with Crippen molar-refractivity contribution in [2.75, 3.05) is 20.2 Å². The molecule has 0 aliphatic carbocycles. The van der Waals surface area contributed by atoms with E-state index in [1.165, 1.54) is 43.5 Å². The maximum atomic E-state index is 12.5. The van der Waals surface area contributed by atoms with Crippen LogP contribution in [0, 0.1) is 6.92 Å². The van der Waals surface area contributed by atoms with E-state index >= 15 is 0 Å². The zero-order valence-electron chi connectivity index (χ0n) is 15.8. The maximum Gasteiger partial charge on any atom is 0.251 e. The first-order chi connectivity index (χ1) is 12.7. The molecule has 0 atom stereocenters.